The number of urea groups is 1. The second-order valence-corrected chi connectivity index (χ2v) is 7.88. The van der Waals surface area contributed by atoms with E-state index in [1.165, 1.54) is 4.90 Å². The lowest BCUT2D eigenvalue weighted by molar-refractivity contribution is -0.131. The van der Waals surface area contributed by atoms with Crippen molar-refractivity contribution in [1.29, 1.82) is 0 Å². The van der Waals surface area contributed by atoms with Gasteiger partial charge in [0.25, 0.3) is 5.91 Å². The van der Waals surface area contributed by atoms with Gasteiger partial charge in [0.1, 0.15) is 5.54 Å². The second-order valence-electron chi connectivity index (χ2n) is 7.88. The van der Waals surface area contributed by atoms with E-state index in [1.54, 1.807) is 0 Å². The van der Waals surface area contributed by atoms with E-state index >= 15 is 0 Å². The Labute approximate surface area is 172 Å². The molecular weight excluding hydrogens is 368 g/mol. The van der Waals surface area contributed by atoms with Crippen molar-refractivity contribution in [2.75, 3.05) is 26.2 Å². The Bertz CT molecular complexity index is 727. The molecular formula is C22H32N4O3. The number of hydrogen-bond acceptors (Lipinski definition) is 4. The van der Waals surface area contributed by atoms with Crippen LogP contribution in [-0.4, -0.2) is 59.4 Å². The lowest BCUT2D eigenvalue weighted by Crippen LogP contribution is -2.44. The summed E-state index contributed by atoms with van der Waals surface area (Å²) in [4.78, 5) is 40.9. The fourth-order valence-electron chi connectivity index (χ4n) is 4.51. The second kappa shape index (κ2) is 9.39. The molecule has 0 radical (unpaired) electrons. The van der Waals surface area contributed by atoms with E-state index in [0.717, 1.165) is 31.5 Å². The van der Waals surface area contributed by atoms with Crippen LogP contribution in [0, 0.1) is 0 Å². The molecule has 1 heterocycles. The predicted molar refractivity (Wildman–Crippen MR) is 111 cm³/mol. The molecule has 0 bridgehead atoms. The molecule has 1 saturated heterocycles. The van der Waals surface area contributed by atoms with Crippen molar-refractivity contribution in [2.45, 2.75) is 57.5 Å². The smallest absolute Gasteiger partial charge is 0.325 e. The SMILES string of the molecule is CCN(CC)C(CNC(=O)CCN1C(=O)NC2(CCCC2)C1=O)c1ccccc1. The third-order valence-corrected chi connectivity index (χ3v) is 6.20. The molecule has 1 saturated carbocycles. The average molecular weight is 401 g/mol. The molecule has 1 unspecified atom stereocenters. The van der Waals surface area contributed by atoms with Crippen molar-refractivity contribution in [1.82, 2.24) is 20.4 Å². The molecule has 7 nitrogen and oxygen atoms in total. The van der Waals surface area contributed by atoms with Crippen LogP contribution in [0.15, 0.2) is 30.3 Å². The molecule has 2 aliphatic rings. The van der Waals surface area contributed by atoms with Gasteiger partial charge >= 0.3 is 6.03 Å². The van der Waals surface area contributed by atoms with Gasteiger partial charge < -0.3 is 10.6 Å². The number of imide groups is 1. The highest BCUT2D eigenvalue weighted by Gasteiger charge is 2.52. The van der Waals surface area contributed by atoms with Crippen LogP contribution in [0.1, 0.15) is 57.6 Å². The van der Waals surface area contributed by atoms with E-state index in [4.69, 9.17) is 0 Å². The van der Waals surface area contributed by atoms with Crippen molar-refractivity contribution in [3.63, 3.8) is 0 Å². The number of benzene rings is 1. The predicted octanol–water partition coefficient (Wildman–Crippen LogP) is 2.44. The van der Waals surface area contributed by atoms with Crippen LogP contribution in [0.25, 0.3) is 0 Å². The molecule has 1 aliphatic heterocycles. The minimum Gasteiger partial charge on any atom is -0.354 e. The Morgan fingerprint density at radius 1 is 1.17 bits per heavy atom. The van der Waals surface area contributed by atoms with Crippen molar-refractivity contribution < 1.29 is 14.4 Å². The van der Waals surface area contributed by atoms with Crippen LogP contribution in [-0.2, 0) is 9.59 Å². The zero-order chi connectivity index (χ0) is 20.9. The summed E-state index contributed by atoms with van der Waals surface area (Å²) in [6.45, 7) is 6.61. The third kappa shape index (κ3) is 4.61. The number of rotatable bonds is 9. The minimum atomic E-state index is -0.714. The molecule has 29 heavy (non-hydrogen) atoms. The molecule has 1 aromatic carbocycles. The van der Waals surface area contributed by atoms with Crippen LogP contribution in [0.5, 0.6) is 0 Å². The summed E-state index contributed by atoms with van der Waals surface area (Å²) < 4.78 is 0. The first kappa shape index (κ1) is 21.3. The molecule has 2 fully saturated rings. The quantitative estimate of drug-likeness (QED) is 0.624. The largest absolute Gasteiger partial charge is 0.354 e. The Kier molecular flexibility index (Phi) is 6.90. The molecule has 1 spiro atoms. The standard InChI is InChI=1S/C22H32N4O3/c1-3-25(4-2)18(17-10-6-5-7-11-17)16-23-19(27)12-15-26-20(28)22(24-21(26)29)13-8-9-14-22/h5-7,10-11,18H,3-4,8-9,12-16H2,1-2H3,(H,23,27)(H,24,29). The minimum absolute atomic E-state index is 0.0913. The first-order valence-corrected chi connectivity index (χ1v) is 10.7. The number of carbonyl (C=O) groups is 3. The van der Waals surface area contributed by atoms with Gasteiger partial charge in [0, 0.05) is 19.5 Å². The number of hydrogen-bond donors (Lipinski definition) is 2. The maximum atomic E-state index is 12.7. The van der Waals surface area contributed by atoms with Gasteiger partial charge in [-0.25, -0.2) is 4.79 Å². The molecule has 7 heteroatoms. The molecule has 1 aliphatic carbocycles. The number of carbonyl (C=O) groups excluding carboxylic acids is 3. The highest BCUT2D eigenvalue weighted by Crippen LogP contribution is 2.35. The van der Waals surface area contributed by atoms with Crippen LogP contribution in [0.4, 0.5) is 4.79 Å². The highest BCUT2D eigenvalue weighted by molar-refractivity contribution is 6.07. The van der Waals surface area contributed by atoms with Gasteiger partial charge in [-0.05, 0) is 31.5 Å². The molecule has 0 aromatic heterocycles. The van der Waals surface area contributed by atoms with Crippen LogP contribution < -0.4 is 10.6 Å². The summed E-state index contributed by atoms with van der Waals surface area (Å²) in [6, 6.07) is 9.86. The number of amides is 4. The molecule has 1 atom stereocenters. The Morgan fingerprint density at radius 2 is 1.83 bits per heavy atom. The van der Waals surface area contributed by atoms with E-state index in [0.29, 0.717) is 19.4 Å². The summed E-state index contributed by atoms with van der Waals surface area (Å²) >= 11 is 0. The van der Waals surface area contributed by atoms with Gasteiger partial charge in [-0.2, -0.15) is 0 Å². The topological polar surface area (TPSA) is 81.8 Å². The molecule has 2 N–H and O–H groups in total. The summed E-state index contributed by atoms with van der Waals surface area (Å²) in [6.07, 6.45) is 3.42. The maximum absolute atomic E-state index is 12.7. The van der Waals surface area contributed by atoms with E-state index in [9.17, 15) is 14.4 Å². The van der Waals surface area contributed by atoms with Crippen molar-refractivity contribution in [3.05, 3.63) is 35.9 Å². The summed E-state index contributed by atoms with van der Waals surface area (Å²) in [5, 5.41) is 5.85. The fourth-order valence-corrected chi connectivity index (χ4v) is 4.51. The van der Waals surface area contributed by atoms with Crippen molar-refractivity contribution in [3.8, 4) is 0 Å². The lowest BCUT2D eigenvalue weighted by atomic mass is 9.98. The Morgan fingerprint density at radius 3 is 2.45 bits per heavy atom. The van der Waals surface area contributed by atoms with Gasteiger partial charge in [0.15, 0.2) is 0 Å². The average Bonchev–Trinajstić information content (AvgIpc) is 3.29. The first-order valence-electron chi connectivity index (χ1n) is 10.7. The zero-order valence-corrected chi connectivity index (χ0v) is 17.4. The van der Waals surface area contributed by atoms with Gasteiger partial charge in [-0.15, -0.1) is 0 Å². The van der Waals surface area contributed by atoms with E-state index in [-0.39, 0.29) is 36.9 Å². The van der Waals surface area contributed by atoms with Gasteiger partial charge in [-0.3, -0.25) is 19.4 Å². The van der Waals surface area contributed by atoms with Crippen molar-refractivity contribution in [2.24, 2.45) is 0 Å². The summed E-state index contributed by atoms with van der Waals surface area (Å²) in [5.74, 6) is -0.316. The summed E-state index contributed by atoms with van der Waals surface area (Å²) in [7, 11) is 0. The molecule has 4 amide bonds. The Hall–Kier alpha value is -2.41. The van der Waals surface area contributed by atoms with E-state index < -0.39 is 5.54 Å². The molecule has 158 valence electrons. The van der Waals surface area contributed by atoms with Crippen LogP contribution >= 0.6 is 0 Å². The van der Waals surface area contributed by atoms with Gasteiger partial charge in [-0.1, -0.05) is 57.0 Å². The Balaban J connectivity index is 1.54. The van der Waals surface area contributed by atoms with E-state index in [2.05, 4.69) is 41.5 Å². The third-order valence-electron chi connectivity index (χ3n) is 6.20. The van der Waals surface area contributed by atoms with Gasteiger partial charge in [0.2, 0.25) is 5.91 Å². The summed E-state index contributed by atoms with van der Waals surface area (Å²) in [5.41, 5.74) is 0.447. The maximum Gasteiger partial charge on any atom is 0.325 e. The zero-order valence-electron chi connectivity index (χ0n) is 17.4. The van der Waals surface area contributed by atoms with Gasteiger partial charge in [0.05, 0.1) is 6.04 Å². The lowest BCUT2D eigenvalue weighted by Gasteiger charge is -2.30. The fraction of sp³-hybridized carbons (Fsp3) is 0.591. The molecule has 3 rings (SSSR count). The number of likely N-dealkylation sites (N-methyl/N-ethyl adjacent to an activating group) is 1. The first-order chi connectivity index (χ1) is 14.0. The van der Waals surface area contributed by atoms with Crippen molar-refractivity contribution >= 4 is 17.8 Å². The monoisotopic (exact) mass is 400 g/mol. The van der Waals surface area contributed by atoms with Crippen LogP contribution in [0.3, 0.4) is 0 Å². The van der Waals surface area contributed by atoms with Crippen LogP contribution in [0.2, 0.25) is 0 Å². The molecule has 1 aromatic rings. The van der Waals surface area contributed by atoms with E-state index in [1.807, 2.05) is 18.2 Å². The number of nitrogens with zero attached hydrogens (tertiary/aromatic N) is 2. The number of nitrogens with one attached hydrogen (secondary N) is 2. The normalized spacial score (nSPS) is 19.1. The highest BCUT2D eigenvalue weighted by atomic mass is 16.2.